The van der Waals surface area contributed by atoms with Gasteiger partial charge in [-0.05, 0) is 0 Å². The summed E-state index contributed by atoms with van der Waals surface area (Å²) in [5, 5.41) is 2.98. The third-order valence-corrected chi connectivity index (χ3v) is 1.73. The van der Waals surface area contributed by atoms with E-state index in [1.165, 1.54) is 19.5 Å². The number of rotatable bonds is 5. The Morgan fingerprint density at radius 1 is 1.56 bits per heavy atom. The minimum atomic E-state index is -0.506. The number of esters is 1. The van der Waals surface area contributed by atoms with Crippen molar-refractivity contribution in [3.8, 4) is 0 Å². The zero-order valence-corrected chi connectivity index (χ0v) is 9.01. The van der Waals surface area contributed by atoms with Gasteiger partial charge in [0, 0.05) is 13.1 Å². The maximum absolute atomic E-state index is 11.2. The molecule has 86 valence electrons. The predicted molar refractivity (Wildman–Crippen MR) is 60.1 cm³/mol. The second-order valence-electron chi connectivity index (χ2n) is 2.87. The molecule has 0 aliphatic rings. The van der Waals surface area contributed by atoms with Gasteiger partial charge in [0.25, 0.3) is 0 Å². The van der Waals surface area contributed by atoms with Crippen LogP contribution in [0.4, 0.5) is 5.82 Å². The van der Waals surface area contributed by atoms with Gasteiger partial charge in [-0.3, -0.25) is 4.98 Å². The number of hydrogen-bond donors (Lipinski definition) is 2. The summed E-state index contributed by atoms with van der Waals surface area (Å²) in [5.74, 6) is 0.0122. The van der Waals surface area contributed by atoms with Gasteiger partial charge in [-0.1, -0.05) is 12.2 Å². The van der Waals surface area contributed by atoms with Gasteiger partial charge in [0.1, 0.15) is 5.82 Å². The first-order valence-electron chi connectivity index (χ1n) is 4.77. The van der Waals surface area contributed by atoms with E-state index in [9.17, 15) is 4.79 Å². The van der Waals surface area contributed by atoms with Gasteiger partial charge < -0.3 is 15.8 Å². The molecule has 0 saturated carbocycles. The minimum Gasteiger partial charge on any atom is -0.464 e. The Morgan fingerprint density at radius 3 is 3.06 bits per heavy atom. The summed E-state index contributed by atoms with van der Waals surface area (Å²) in [6, 6.07) is 0. The van der Waals surface area contributed by atoms with E-state index >= 15 is 0 Å². The van der Waals surface area contributed by atoms with Crippen LogP contribution < -0.4 is 11.1 Å². The van der Waals surface area contributed by atoms with E-state index in [0.717, 1.165) is 0 Å². The monoisotopic (exact) mass is 222 g/mol. The molecule has 16 heavy (non-hydrogen) atoms. The summed E-state index contributed by atoms with van der Waals surface area (Å²) in [4.78, 5) is 19.1. The van der Waals surface area contributed by atoms with Crippen LogP contribution in [0.3, 0.4) is 0 Å². The number of carbonyl (C=O) groups is 1. The molecule has 0 aliphatic heterocycles. The van der Waals surface area contributed by atoms with E-state index < -0.39 is 5.97 Å². The molecule has 0 amide bonds. The average Bonchev–Trinajstić information content (AvgIpc) is 2.34. The lowest BCUT2D eigenvalue weighted by Gasteiger charge is -2.03. The summed E-state index contributed by atoms with van der Waals surface area (Å²) in [5.41, 5.74) is 5.46. The normalized spacial score (nSPS) is 10.4. The number of hydrogen-bond acceptors (Lipinski definition) is 6. The number of nitrogens with zero attached hydrogens (tertiary/aromatic N) is 2. The molecule has 0 aliphatic carbocycles. The summed E-state index contributed by atoms with van der Waals surface area (Å²) in [6.45, 7) is 1.08. The standard InChI is InChI=1S/C10H14N4O2/c1-16-10(15)8-6-12-7-9(14-8)13-5-3-2-4-11/h2-3,6-7H,4-5,11H2,1H3,(H,13,14)/b3-2+. The Hall–Kier alpha value is -1.95. The smallest absolute Gasteiger partial charge is 0.358 e. The molecule has 6 nitrogen and oxygen atoms in total. The van der Waals surface area contributed by atoms with Crippen molar-refractivity contribution in [2.24, 2.45) is 5.73 Å². The van der Waals surface area contributed by atoms with Gasteiger partial charge in [0.15, 0.2) is 5.69 Å². The molecule has 1 aromatic rings. The van der Waals surface area contributed by atoms with E-state index in [4.69, 9.17) is 5.73 Å². The highest BCUT2D eigenvalue weighted by atomic mass is 16.5. The van der Waals surface area contributed by atoms with E-state index in [0.29, 0.717) is 18.9 Å². The number of methoxy groups -OCH3 is 1. The van der Waals surface area contributed by atoms with E-state index in [1.807, 2.05) is 12.2 Å². The number of nitrogens with two attached hydrogens (primary N) is 1. The Balaban J connectivity index is 2.60. The van der Waals surface area contributed by atoms with Crippen molar-refractivity contribution in [2.75, 3.05) is 25.5 Å². The topological polar surface area (TPSA) is 90.1 Å². The molecule has 0 aromatic carbocycles. The highest BCUT2D eigenvalue weighted by Gasteiger charge is 2.07. The molecule has 0 atom stereocenters. The van der Waals surface area contributed by atoms with Crippen LogP contribution in [-0.2, 0) is 4.74 Å². The van der Waals surface area contributed by atoms with Crippen LogP contribution in [0.2, 0.25) is 0 Å². The van der Waals surface area contributed by atoms with Crippen LogP contribution in [0.15, 0.2) is 24.5 Å². The number of ether oxygens (including phenoxy) is 1. The van der Waals surface area contributed by atoms with Crippen molar-refractivity contribution in [1.82, 2.24) is 9.97 Å². The first-order valence-corrected chi connectivity index (χ1v) is 4.77. The SMILES string of the molecule is COC(=O)c1cncc(NC/C=C/CN)n1. The number of carbonyl (C=O) groups excluding carboxylic acids is 1. The van der Waals surface area contributed by atoms with Crippen molar-refractivity contribution in [2.45, 2.75) is 0 Å². The van der Waals surface area contributed by atoms with Crippen molar-refractivity contribution in [3.05, 3.63) is 30.2 Å². The van der Waals surface area contributed by atoms with Crippen molar-refractivity contribution in [1.29, 1.82) is 0 Å². The molecule has 0 saturated heterocycles. The fourth-order valence-electron chi connectivity index (χ4n) is 0.997. The second-order valence-corrected chi connectivity index (χ2v) is 2.87. The Labute approximate surface area is 93.5 Å². The predicted octanol–water partition coefficient (Wildman–Crippen LogP) is 0.190. The first kappa shape index (κ1) is 12.1. The highest BCUT2D eigenvalue weighted by molar-refractivity contribution is 5.87. The van der Waals surface area contributed by atoms with Crippen LogP contribution in [0.5, 0.6) is 0 Å². The third kappa shape index (κ3) is 3.66. The van der Waals surface area contributed by atoms with Gasteiger partial charge in [0.05, 0.1) is 19.5 Å². The van der Waals surface area contributed by atoms with Crippen molar-refractivity contribution < 1.29 is 9.53 Å². The van der Waals surface area contributed by atoms with Gasteiger partial charge >= 0.3 is 5.97 Å². The molecule has 1 aromatic heterocycles. The first-order chi connectivity index (χ1) is 7.77. The summed E-state index contributed by atoms with van der Waals surface area (Å²) < 4.78 is 4.53. The lowest BCUT2D eigenvalue weighted by atomic mass is 10.4. The second kappa shape index (κ2) is 6.52. The Kier molecular flexibility index (Phi) is 4.94. The van der Waals surface area contributed by atoms with Crippen molar-refractivity contribution in [3.63, 3.8) is 0 Å². The van der Waals surface area contributed by atoms with Gasteiger partial charge in [-0.15, -0.1) is 0 Å². The van der Waals surface area contributed by atoms with E-state index in [2.05, 4.69) is 20.0 Å². The third-order valence-electron chi connectivity index (χ3n) is 1.73. The molecule has 6 heteroatoms. The number of aromatic nitrogens is 2. The van der Waals surface area contributed by atoms with Crippen LogP contribution in [-0.4, -0.2) is 36.1 Å². The molecule has 1 heterocycles. The molecule has 0 bridgehead atoms. The molecule has 0 unspecified atom stereocenters. The fourth-order valence-corrected chi connectivity index (χ4v) is 0.997. The Bertz CT molecular complexity index is 379. The quantitative estimate of drug-likeness (QED) is 0.546. The van der Waals surface area contributed by atoms with Crippen molar-refractivity contribution >= 4 is 11.8 Å². The minimum absolute atomic E-state index is 0.176. The molecular formula is C10H14N4O2. The lowest BCUT2D eigenvalue weighted by Crippen LogP contribution is -2.08. The summed E-state index contributed by atoms with van der Waals surface area (Å²) >= 11 is 0. The summed E-state index contributed by atoms with van der Waals surface area (Å²) in [7, 11) is 1.30. The van der Waals surface area contributed by atoms with Gasteiger partial charge in [-0.2, -0.15) is 0 Å². The maximum atomic E-state index is 11.2. The van der Waals surface area contributed by atoms with Crippen LogP contribution in [0, 0.1) is 0 Å². The average molecular weight is 222 g/mol. The maximum Gasteiger partial charge on any atom is 0.358 e. The molecule has 0 radical (unpaired) electrons. The molecule has 0 fully saturated rings. The number of nitrogens with one attached hydrogen (secondary N) is 1. The van der Waals surface area contributed by atoms with E-state index in [1.54, 1.807) is 0 Å². The highest BCUT2D eigenvalue weighted by Crippen LogP contribution is 2.02. The zero-order chi connectivity index (χ0) is 11.8. The van der Waals surface area contributed by atoms with Crippen LogP contribution in [0.25, 0.3) is 0 Å². The largest absolute Gasteiger partial charge is 0.464 e. The summed E-state index contributed by atoms with van der Waals surface area (Å²) in [6.07, 6.45) is 6.58. The van der Waals surface area contributed by atoms with Crippen LogP contribution >= 0.6 is 0 Å². The van der Waals surface area contributed by atoms with E-state index in [-0.39, 0.29) is 5.69 Å². The van der Waals surface area contributed by atoms with Gasteiger partial charge in [0.2, 0.25) is 0 Å². The Morgan fingerprint density at radius 2 is 2.38 bits per heavy atom. The molecule has 1 rings (SSSR count). The lowest BCUT2D eigenvalue weighted by molar-refractivity contribution is 0.0593. The molecular weight excluding hydrogens is 208 g/mol. The van der Waals surface area contributed by atoms with Crippen LogP contribution in [0.1, 0.15) is 10.5 Å². The molecule has 3 N–H and O–H groups in total. The van der Waals surface area contributed by atoms with Gasteiger partial charge in [-0.25, -0.2) is 9.78 Å². The zero-order valence-electron chi connectivity index (χ0n) is 9.01. The number of anilines is 1. The molecule has 0 spiro atoms. The fraction of sp³-hybridized carbons (Fsp3) is 0.300.